The fourth-order valence-corrected chi connectivity index (χ4v) is 9.46. The lowest BCUT2D eigenvalue weighted by molar-refractivity contribution is -0.154. The topological polar surface area (TPSA) is 29.5 Å². The Morgan fingerprint density at radius 2 is 1.82 bits per heavy atom. The molecule has 8 atom stereocenters. The molecule has 4 aliphatic carbocycles. The Kier molecular flexibility index (Phi) is 6.40. The van der Waals surface area contributed by atoms with Gasteiger partial charge < -0.3 is 9.64 Å². The first-order chi connectivity index (χ1) is 15.9. The molecule has 0 aliphatic heterocycles. The maximum Gasteiger partial charge on any atom is 0.155 e. The highest BCUT2D eigenvalue weighted by Gasteiger charge is 2.62. The molecule has 182 valence electrons. The minimum Gasteiger partial charge on any atom is -0.384 e. The number of fused-ring (bicyclic) bond motifs is 5. The summed E-state index contributed by atoms with van der Waals surface area (Å²) in [6.07, 6.45) is 11.8. The molecule has 33 heavy (non-hydrogen) atoms. The summed E-state index contributed by atoms with van der Waals surface area (Å²) < 4.78 is 5.95. The van der Waals surface area contributed by atoms with Crippen molar-refractivity contribution in [3.05, 3.63) is 30.3 Å². The molecule has 0 amide bonds. The van der Waals surface area contributed by atoms with Crippen molar-refractivity contribution in [2.24, 2.45) is 46.3 Å². The molecule has 0 bridgehead atoms. The highest BCUT2D eigenvalue weighted by molar-refractivity contribution is 5.86. The van der Waals surface area contributed by atoms with Gasteiger partial charge >= 0.3 is 0 Å². The summed E-state index contributed by atoms with van der Waals surface area (Å²) in [6, 6.07) is 10.4. The van der Waals surface area contributed by atoms with Crippen molar-refractivity contribution < 1.29 is 9.53 Å². The number of rotatable bonds is 6. The number of carbonyl (C=O) groups excluding carboxylic acids is 1. The van der Waals surface area contributed by atoms with Crippen LogP contribution in [0.15, 0.2) is 30.3 Å². The van der Waals surface area contributed by atoms with E-state index in [1.54, 1.807) is 0 Å². The number of hydrogen-bond donors (Lipinski definition) is 0. The molecule has 1 aromatic rings. The van der Waals surface area contributed by atoms with Gasteiger partial charge in [0.15, 0.2) is 5.78 Å². The van der Waals surface area contributed by atoms with Gasteiger partial charge in [-0.05, 0) is 104 Å². The molecule has 0 aromatic heterocycles. The minimum atomic E-state index is 0.193. The average molecular weight is 452 g/mol. The van der Waals surface area contributed by atoms with Crippen LogP contribution < -0.4 is 4.90 Å². The second kappa shape index (κ2) is 9.02. The summed E-state index contributed by atoms with van der Waals surface area (Å²) >= 11 is 0. The number of ether oxygens (including phenoxy) is 1. The Morgan fingerprint density at radius 1 is 1.03 bits per heavy atom. The maximum atomic E-state index is 13.6. The molecule has 5 rings (SSSR count). The summed E-state index contributed by atoms with van der Waals surface area (Å²) in [6.45, 7) is 6.45. The Hall–Kier alpha value is -1.35. The molecule has 0 N–H and O–H groups in total. The lowest BCUT2D eigenvalue weighted by Gasteiger charge is -2.62. The largest absolute Gasteiger partial charge is 0.384 e. The number of nitrogens with zero attached hydrogens (tertiary/aromatic N) is 1. The monoisotopic (exact) mass is 451 g/mol. The number of likely N-dealkylation sites (N-methyl/N-ethyl adjacent to an activating group) is 1. The van der Waals surface area contributed by atoms with E-state index >= 15 is 0 Å². The zero-order chi connectivity index (χ0) is 23.2. The van der Waals surface area contributed by atoms with Crippen molar-refractivity contribution in [3.8, 4) is 0 Å². The number of ketones is 1. The van der Waals surface area contributed by atoms with E-state index in [0.29, 0.717) is 17.7 Å². The number of anilines is 1. The van der Waals surface area contributed by atoms with Gasteiger partial charge in [-0.25, -0.2) is 0 Å². The lowest BCUT2D eigenvalue weighted by Crippen LogP contribution is -2.56. The van der Waals surface area contributed by atoms with Crippen LogP contribution in [0.3, 0.4) is 0 Å². The molecular formula is C30H45NO2. The van der Waals surface area contributed by atoms with Crippen molar-refractivity contribution in [3.63, 3.8) is 0 Å². The maximum absolute atomic E-state index is 13.6. The minimum absolute atomic E-state index is 0.193. The van der Waals surface area contributed by atoms with Gasteiger partial charge in [-0.1, -0.05) is 38.5 Å². The summed E-state index contributed by atoms with van der Waals surface area (Å²) in [5.74, 6) is 4.76. The van der Waals surface area contributed by atoms with E-state index in [-0.39, 0.29) is 11.3 Å². The smallest absolute Gasteiger partial charge is 0.155 e. The van der Waals surface area contributed by atoms with E-state index < -0.39 is 0 Å². The predicted molar refractivity (Wildman–Crippen MR) is 135 cm³/mol. The van der Waals surface area contributed by atoms with E-state index in [1.165, 1.54) is 51.4 Å². The van der Waals surface area contributed by atoms with Gasteiger partial charge in [0.25, 0.3) is 0 Å². The number of methoxy groups -OCH3 is 1. The van der Waals surface area contributed by atoms with Crippen molar-refractivity contribution in [1.29, 1.82) is 0 Å². The van der Waals surface area contributed by atoms with Gasteiger partial charge in [0, 0.05) is 25.8 Å². The number of para-hydroxylation sites is 1. The van der Waals surface area contributed by atoms with Crippen molar-refractivity contribution >= 4 is 11.5 Å². The SMILES string of the molecule is COCC12CCC(C)CC1CCC1C3CCC(C(=O)CN(C)c4ccccc4)C3(C)CCC12. The zero-order valence-corrected chi connectivity index (χ0v) is 21.4. The van der Waals surface area contributed by atoms with Crippen molar-refractivity contribution in [1.82, 2.24) is 0 Å². The van der Waals surface area contributed by atoms with Crippen LogP contribution in [0.2, 0.25) is 0 Å². The van der Waals surface area contributed by atoms with Gasteiger partial charge in [0.05, 0.1) is 13.2 Å². The Morgan fingerprint density at radius 3 is 2.58 bits per heavy atom. The Labute approximate surface area is 201 Å². The van der Waals surface area contributed by atoms with Crippen LogP contribution in [0.4, 0.5) is 5.69 Å². The van der Waals surface area contributed by atoms with Crippen LogP contribution in [0, 0.1) is 46.3 Å². The van der Waals surface area contributed by atoms with Gasteiger partial charge in [-0.2, -0.15) is 0 Å². The van der Waals surface area contributed by atoms with Gasteiger partial charge in [-0.3, -0.25) is 4.79 Å². The van der Waals surface area contributed by atoms with Crippen molar-refractivity contribution in [2.45, 2.75) is 71.6 Å². The number of carbonyl (C=O) groups is 1. The highest BCUT2D eigenvalue weighted by atomic mass is 16.5. The quantitative estimate of drug-likeness (QED) is 0.487. The molecule has 4 fully saturated rings. The summed E-state index contributed by atoms with van der Waals surface area (Å²) in [5, 5.41) is 0. The molecule has 4 aliphatic rings. The number of benzene rings is 1. The second-order valence-electron chi connectivity index (χ2n) is 12.5. The molecule has 4 saturated carbocycles. The molecule has 0 saturated heterocycles. The van der Waals surface area contributed by atoms with Crippen molar-refractivity contribution in [2.75, 3.05) is 32.2 Å². The van der Waals surface area contributed by atoms with E-state index in [9.17, 15) is 4.79 Å². The third-order valence-corrected chi connectivity index (χ3v) is 11.0. The summed E-state index contributed by atoms with van der Waals surface area (Å²) in [5.41, 5.74) is 1.74. The lowest BCUT2D eigenvalue weighted by atomic mass is 9.44. The molecule has 0 spiro atoms. The van der Waals surface area contributed by atoms with Crippen LogP contribution in [0.1, 0.15) is 71.6 Å². The zero-order valence-electron chi connectivity index (χ0n) is 21.4. The molecule has 3 nitrogen and oxygen atoms in total. The second-order valence-corrected chi connectivity index (χ2v) is 12.5. The third kappa shape index (κ3) is 3.87. The molecule has 1 aromatic carbocycles. The summed E-state index contributed by atoms with van der Waals surface area (Å²) in [7, 11) is 3.99. The standard InChI is InChI=1S/C30H45NO2/c1-21-14-17-30(20-33-4)22(18-21)10-11-24-25-12-13-27(29(25,2)16-15-26(24)30)28(32)19-31(3)23-8-6-5-7-9-23/h5-9,21-22,24-27H,10-20H2,1-4H3. The molecule has 8 unspecified atom stereocenters. The fraction of sp³-hybridized carbons (Fsp3) is 0.767. The predicted octanol–water partition coefficient (Wildman–Crippen LogP) is 6.61. The van der Waals surface area contributed by atoms with Crippen LogP contribution in [-0.4, -0.2) is 33.1 Å². The van der Waals surface area contributed by atoms with Crippen LogP contribution >= 0.6 is 0 Å². The molecule has 3 heteroatoms. The Bertz CT molecular complexity index is 839. The Balaban J connectivity index is 1.34. The van der Waals surface area contributed by atoms with Gasteiger partial charge in [0.1, 0.15) is 0 Å². The number of Topliss-reactive ketones (excluding diaryl/α,β-unsaturated/α-hetero) is 1. The first kappa shape index (κ1) is 23.4. The first-order valence-electron chi connectivity index (χ1n) is 13.7. The molecule has 0 radical (unpaired) electrons. The normalized spacial score (nSPS) is 42.2. The van der Waals surface area contributed by atoms with E-state index in [0.717, 1.165) is 48.3 Å². The molecule has 0 heterocycles. The fourth-order valence-electron chi connectivity index (χ4n) is 9.46. The van der Waals surface area contributed by atoms with Gasteiger partial charge in [0.2, 0.25) is 0 Å². The van der Waals surface area contributed by atoms with E-state index in [1.807, 2.05) is 13.2 Å². The summed E-state index contributed by atoms with van der Waals surface area (Å²) in [4.78, 5) is 15.8. The third-order valence-electron chi connectivity index (χ3n) is 11.0. The van der Waals surface area contributed by atoms with Crippen LogP contribution in [0.25, 0.3) is 0 Å². The van der Waals surface area contributed by atoms with E-state index in [2.05, 4.69) is 50.1 Å². The molecular weight excluding hydrogens is 406 g/mol. The van der Waals surface area contributed by atoms with Gasteiger partial charge in [-0.15, -0.1) is 0 Å². The van der Waals surface area contributed by atoms with Crippen LogP contribution in [0.5, 0.6) is 0 Å². The highest BCUT2D eigenvalue weighted by Crippen LogP contribution is 2.68. The number of hydrogen-bond acceptors (Lipinski definition) is 3. The van der Waals surface area contributed by atoms with Crippen LogP contribution in [-0.2, 0) is 9.53 Å². The average Bonchev–Trinajstić information content (AvgIpc) is 3.17. The van der Waals surface area contributed by atoms with E-state index in [4.69, 9.17) is 4.74 Å². The first-order valence-corrected chi connectivity index (χ1v) is 13.7.